The molecule has 146 valence electrons. The topological polar surface area (TPSA) is 62.9 Å². The van der Waals surface area contributed by atoms with Crippen LogP contribution in [0, 0.1) is 6.92 Å². The molecule has 1 fully saturated rings. The SMILES string of the molecule is COc1ccccc1NC(N)=NCC(c1ccc(C)cc1)N1CCCC1.I. The van der Waals surface area contributed by atoms with E-state index < -0.39 is 0 Å². The summed E-state index contributed by atoms with van der Waals surface area (Å²) in [5, 5.41) is 3.15. The Morgan fingerprint density at radius 2 is 1.81 bits per heavy atom. The second kappa shape index (κ2) is 10.5. The molecule has 1 aliphatic heterocycles. The van der Waals surface area contributed by atoms with Crippen molar-refractivity contribution in [2.75, 3.05) is 32.1 Å². The lowest BCUT2D eigenvalue weighted by molar-refractivity contribution is 0.252. The van der Waals surface area contributed by atoms with Crippen LogP contribution in [-0.4, -0.2) is 37.6 Å². The van der Waals surface area contributed by atoms with E-state index in [1.165, 1.54) is 24.0 Å². The third kappa shape index (κ3) is 5.84. The molecule has 0 radical (unpaired) electrons. The molecule has 1 saturated heterocycles. The number of aliphatic imine (C=N–C) groups is 1. The Bertz CT molecular complexity index is 742. The summed E-state index contributed by atoms with van der Waals surface area (Å²) < 4.78 is 5.35. The minimum absolute atomic E-state index is 0. The Kier molecular flexibility index (Phi) is 8.37. The molecule has 1 heterocycles. The normalized spacial score (nSPS) is 15.9. The van der Waals surface area contributed by atoms with Gasteiger partial charge < -0.3 is 15.8 Å². The Morgan fingerprint density at radius 1 is 1.15 bits per heavy atom. The Balaban J connectivity index is 0.00000261. The van der Waals surface area contributed by atoms with Crippen molar-refractivity contribution in [1.29, 1.82) is 0 Å². The van der Waals surface area contributed by atoms with Gasteiger partial charge in [-0.15, -0.1) is 24.0 Å². The van der Waals surface area contributed by atoms with Crippen LogP contribution in [0.2, 0.25) is 0 Å². The molecule has 6 heteroatoms. The van der Waals surface area contributed by atoms with Crippen molar-refractivity contribution in [3.63, 3.8) is 0 Å². The summed E-state index contributed by atoms with van der Waals surface area (Å²) in [7, 11) is 1.65. The smallest absolute Gasteiger partial charge is 0.193 e. The molecular weight excluding hydrogens is 451 g/mol. The number of aryl methyl sites for hydroxylation is 1. The van der Waals surface area contributed by atoms with Crippen molar-refractivity contribution in [1.82, 2.24) is 4.90 Å². The van der Waals surface area contributed by atoms with E-state index >= 15 is 0 Å². The molecule has 0 spiro atoms. The number of nitrogens with one attached hydrogen (secondary N) is 1. The quantitative estimate of drug-likeness (QED) is 0.370. The average Bonchev–Trinajstić information content (AvgIpc) is 3.18. The zero-order valence-corrected chi connectivity index (χ0v) is 18.4. The highest BCUT2D eigenvalue weighted by Gasteiger charge is 2.23. The maximum Gasteiger partial charge on any atom is 0.193 e. The van der Waals surface area contributed by atoms with Crippen LogP contribution in [0.4, 0.5) is 5.69 Å². The van der Waals surface area contributed by atoms with Crippen molar-refractivity contribution >= 4 is 35.6 Å². The van der Waals surface area contributed by atoms with Crippen molar-refractivity contribution in [3.8, 4) is 5.75 Å². The van der Waals surface area contributed by atoms with E-state index in [9.17, 15) is 0 Å². The van der Waals surface area contributed by atoms with Gasteiger partial charge in [0.15, 0.2) is 5.96 Å². The van der Waals surface area contributed by atoms with E-state index in [0.29, 0.717) is 12.5 Å². The minimum atomic E-state index is 0. The fraction of sp³-hybridized carbons (Fsp3) is 0.381. The third-order valence-electron chi connectivity index (χ3n) is 4.85. The largest absolute Gasteiger partial charge is 0.495 e. The zero-order chi connectivity index (χ0) is 18.4. The van der Waals surface area contributed by atoms with E-state index in [4.69, 9.17) is 10.5 Å². The molecule has 0 saturated carbocycles. The number of hydrogen-bond donors (Lipinski definition) is 2. The van der Waals surface area contributed by atoms with Crippen molar-refractivity contribution in [3.05, 3.63) is 59.7 Å². The summed E-state index contributed by atoms with van der Waals surface area (Å²) in [5.74, 6) is 1.16. The van der Waals surface area contributed by atoms with Gasteiger partial charge >= 0.3 is 0 Å². The van der Waals surface area contributed by atoms with Crippen LogP contribution < -0.4 is 15.8 Å². The summed E-state index contributed by atoms with van der Waals surface area (Å²) in [6.07, 6.45) is 2.50. The van der Waals surface area contributed by atoms with Gasteiger partial charge in [0.1, 0.15) is 5.75 Å². The van der Waals surface area contributed by atoms with Gasteiger partial charge in [-0.3, -0.25) is 9.89 Å². The number of halogens is 1. The highest BCUT2D eigenvalue weighted by atomic mass is 127. The molecule has 1 aliphatic rings. The number of nitrogens with two attached hydrogens (primary N) is 1. The van der Waals surface area contributed by atoms with Gasteiger partial charge in [0.05, 0.1) is 25.4 Å². The number of hydrogen-bond acceptors (Lipinski definition) is 3. The summed E-state index contributed by atoms with van der Waals surface area (Å²) >= 11 is 0. The molecule has 1 atom stereocenters. The molecule has 5 nitrogen and oxygen atoms in total. The van der Waals surface area contributed by atoms with E-state index in [1.807, 2.05) is 24.3 Å². The lowest BCUT2D eigenvalue weighted by Gasteiger charge is -2.27. The maximum absolute atomic E-state index is 6.14. The Labute approximate surface area is 179 Å². The third-order valence-corrected chi connectivity index (χ3v) is 4.85. The highest BCUT2D eigenvalue weighted by Crippen LogP contribution is 2.26. The van der Waals surface area contributed by atoms with Crippen LogP contribution in [0.1, 0.15) is 30.0 Å². The highest BCUT2D eigenvalue weighted by molar-refractivity contribution is 14.0. The molecule has 1 unspecified atom stereocenters. The predicted molar refractivity (Wildman–Crippen MR) is 123 cm³/mol. The molecule has 0 bridgehead atoms. The average molecular weight is 480 g/mol. The van der Waals surface area contributed by atoms with Gasteiger partial charge in [0, 0.05) is 0 Å². The molecule has 0 amide bonds. The summed E-state index contributed by atoms with van der Waals surface area (Å²) in [4.78, 5) is 7.13. The van der Waals surface area contributed by atoms with Crippen molar-refractivity contribution < 1.29 is 4.74 Å². The molecule has 0 aromatic heterocycles. The van der Waals surface area contributed by atoms with Gasteiger partial charge in [-0.05, 0) is 50.6 Å². The monoisotopic (exact) mass is 480 g/mol. The van der Waals surface area contributed by atoms with Crippen LogP contribution in [0.25, 0.3) is 0 Å². The first-order valence-corrected chi connectivity index (χ1v) is 9.18. The number of benzene rings is 2. The van der Waals surface area contributed by atoms with Gasteiger partial charge in [-0.2, -0.15) is 0 Å². The van der Waals surface area contributed by atoms with Gasteiger partial charge in [0.25, 0.3) is 0 Å². The molecule has 2 aromatic carbocycles. The number of methoxy groups -OCH3 is 1. The minimum Gasteiger partial charge on any atom is -0.495 e. The lowest BCUT2D eigenvalue weighted by atomic mass is 10.0. The summed E-state index contributed by atoms with van der Waals surface area (Å²) in [6, 6.07) is 16.7. The number of para-hydroxylation sites is 2. The number of ether oxygens (including phenoxy) is 1. The fourth-order valence-electron chi connectivity index (χ4n) is 3.38. The molecule has 3 rings (SSSR count). The van der Waals surface area contributed by atoms with Gasteiger partial charge in [-0.1, -0.05) is 42.0 Å². The molecule has 2 aromatic rings. The zero-order valence-electron chi connectivity index (χ0n) is 16.0. The second-order valence-electron chi connectivity index (χ2n) is 6.72. The van der Waals surface area contributed by atoms with Crippen LogP contribution in [-0.2, 0) is 0 Å². The Hall–Kier alpha value is -1.80. The van der Waals surface area contributed by atoms with E-state index in [1.54, 1.807) is 7.11 Å². The van der Waals surface area contributed by atoms with Gasteiger partial charge in [-0.25, -0.2) is 0 Å². The molecular formula is C21H29IN4O. The first-order valence-electron chi connectivity index (χ1n) is 9.18. The number of nitrogens with zero attached hydrogens (tertiary/aromatic N) is 2. The summed E-state index contributed by atoms with van der Waals surface area (Å²) in [6.45, 7) is 4.99. The fourth-order valence-corrected chi connectivity index (χ4v) is 3.38. The second-order valence-corrected chi connectivity index (χ2v) is 6.72. The lowest BCUT2D eigenvalue weighted by Crippen LogP contribution is -2.30. The molecule has 27 heavy (non-hydrogen) atoms. The van der Waals surface area contributed by atoms with Gasteiger partial charge in [0.2, 0.25) is 0 Å². The number of rotatable bonds is 6. The van der Waals surface area contributed by atoms with E-state index in [2.05, 4.69) is 46.4 Å². The predicted octanol–water partition coefficient (Wildman–Crippen LogP) is 4.19. The van der Waals surface area contributed by atoms with Crippen LogP contribution in [0.3, 0.4) is 0 Å². The van der Waals surface area contributed by atoms with Crippen molar-refractivity contribution in [2.24, 2.45) is 10.7 Å². The van der Waals surface area contributed by atoms with Crippen LogP contribution in [0.15, 0.2) is 53.5 Å². The summed E-state index contributed by atoms with van der Waals surface area (Å²) in [5.41, 5.74) is 9.54. The van der Waals surface area contributed by atoms with Crippen molar-refractivity contribution in [2.45, 2.75) is 25.8 Å². The maximum atomic E-state index is 6.14. The molecule has 3 N–H and O–H groups in total. The van der Waals surface area contributed by atoms with Crippen LogP contribution >= 0.6 is 24.0 Å². The first kappa shape index (κ1) is 21.5. The van der Waals surface area contributed by atoms with Crippen LogP contribution in [0.5, 0.6) is 5.75 Å². The van der Waals surface area contributed by atoms with E-state index in [-0.39, 0.29) is 30.0 Å². The first-order chi connectivity index (χ1) is 12.7. The molecule has 0 aliphatic carbocycles. The van der Waals surface area contributed by atoms with E-state index in [0.717, 1.165) is 24.5 Å². The number of likely N-dealkylation sites (tertiary alicyclic amines) is 1. The Morgan fingerprint density at radius 3 is 2.48 bits per heavy atom. The standard InChI is InChI=1S/C21H28N4O.HI/c1-16-9-11-17(12-10-16)19(25-13-5-6-14-25)15-23-21(22)24-18-7-3-4-8-20(18)26-2;/h3-4,7-12,19H,5-6,13-15H2,1-2H3,(H3,22,23,24);1H. The number of guanidine groups is 1. The number of anilines is 1.